The van der Waals surface area contributed by atoms with Crippen LogP contribution >= 0.6 is 0 Å². The van der Waals surface area contributed by atoms with Gasteiger partial charge in [-0.1, -0.05) is 0 Å². The summed E-state index contributed by atoms with van der Waals surface area (Å²) in [7, 11) is 0. The standard InChI is InChI=1S/C9H18N2/c1-9(10,7-4-5-7)8-3-2-6-11-8/h7-8,11H,2-6,10H2,1H3/t8-,9?/m1/s1. The molecule has 2 heteroatoms. The average molecular weight is 154 g/mol. The SMILES string of the molecule is CC(N)(C1CC1)[C@H]1CCCN1. The van der Waals surface area contributed by atoms with Crippen molar-refractivity contribution in [3.8, 4) is 0 Å². The third-order valence-corrected chi connectivity index (χ3v) is 3.27. The lowest BCUT2D eigenvalue weighted by atomic mass is 9.87. The van der Waals surface area contributed by atoms with Crippen LogP contribution in [0.4, 0.5) is 0 Å². The normalized spacial score (nSPS) is 37.1. The molecule has 2 rings (SSSR count). The highest BCUT2D eigenvalue weighted by Gasteiger charge is 2.44. The molecule has 2 nitrogen and oxygen atoms in total. The molecule has 1 heterocycles. The molecule has 1 saturated carbocycles. The summed E-state index contributed by atoms with van der Waals surface area (Å²) in [6, 6.07) is 0.593. The lowest BCUT2D eigenvalue weighted by Crippen LogP contribution is -2.54. The molecular weight excluding hydrogens is 136 g/mol. The molecule has 0 radical (unpaired) electrons. The molecular formula is C9H18N2. The van der Waals surface area contributed by atoms with Crippen LogP contribution in [0, 0.1) is 5.92 Å². The van der Waals surface area contributed by atoms with Crippen molar-refractivity contribution in [3.05, 3.63) is 0 Å². The fourth-order valence-corrected chi connectivity index (χ4v) is 2.21. The number of nitrogens with one attached hydrogen (secondary N) is 1. The maximum atomic E-state index is 6.26. The summed E-state index contributed by atoms with van der Waals surface area (Å²) in [5.41, 5.74) is 6.34. The van der Waals surface area contributed by atoms with E-state index in [0.717, 1.165) is 5.92 Å². The fraction of sp³-hybridized carbons (Fsp3) is 1.00. The van der Waals surface area contributed by atoms with Crippen molar-refractivity contribution in [3.63, 3.8) is 0 Å². The zero-order valence-electron chi connectivity index (χ0n) is 7.27. The monoisotopic (exact) mass is 154 g/mol. The van der Waals surface area contributed by atoms with E-state index in [1.54, 1.807) is 0 Å². The van der Waals surface area contributed by atoms with Gasteiger partial charge in [0.2, 0.25) is 0 Å². The number of nitrogens with two attached hydrogens (primary N) is 1. The molecule has 2 fully saturated rings. The molecule has 1 aliphatic carbocycles. The molecule has 0 aromatic rings. The Kier molecular flexibility index (Phi) is 1.69. The van der Waals surface area contributed by atoms with Crippen molar-refractivity contribution in [1.29, 1.82) is 0 Å². The minimum Gasteiger partial charge on any atom is -0.324 e. The molecule has 0 aromatic heterocycles. The van der Waals surface area contributed by atoms with E-state index < -0.39 is 0 Å². The lowest BCUT2D eigenvalue weighted by molar-refractivity contribution is 0.307. The van der Waals surface area contributed by atoms with E-state index in [4.69, 9.17) is 5.73 Å². The van der Waals surface area contributed by atoms with Crippen molar-refractivity contribution in [1.82, 2.24) is 5.32 Å². The average Bonchev–Trinajstić information content (AvgIpc) is 2.66. The van der Waals surface area contributed by atoms with Crippen molar-refractivity contribution in [2.45, 2.75) is 44.2 Å². The second kappa shape index (κ2) is 2.46. The van der Waals surface area contributed by atoms with E-state index in [1.165, 1.54) is 32.2 Å². The van der Waals surface area contributed by atoms with Gasteiger partial charge >= 0.3 is 0 Å². The van der Waals surface area contributed by atoms with Crippen LogP contribution in [0.3, 0.4) is 0 Å². The van der Waals surface area contributed by atoms with Gasteiger partial charge in [-0.25, -0.2) is 0 Å². The summed E-state index contributed by atoms with van der Waals surface area (Å²) < 4.78 is 0. The highest BCUT2D eigenvalue weighted by molar-refractivity contribution is 5.04. The van der Waals surface area contributed by atoms with Crippen LogP contribution < -0.4 is 11.1 Å². The Morgan fingerprint density at radius 3 is 2.55 bits per heavy atom. The molecule has 2 atom stereocenters. The van der Waals surface area contributed by atoms with Gasteiger partial charge in [-0.15, -0.1) is 0 Å². The van der Waals surface area contributed by atoms with E-state index in [2.05, 4.69) is 12.2 Å². The first kappa shape index (κ1) is 7.56. The van der Waals surface area contributed by atoms with E-state index >= 15 is 0 Å². The van der Waals surface area contributed by atoms with Gasteiger partial charge in [0.1, 0.15) is 0 Å². The number of hydrogen-bond acceptors (Lipinski definition) is 2. The predicted molar refractivity (Wildman–Crippen MR) is 46.3 cm³/mol. The van der Waals surface area contributed by atoms with Crippen LogP contribution in [0.1, 0.15) is 32.6 Å². The van der Waals surface area contributed by atoms with Gasteiger partial charge in [0.15, 0.2) is 0 Å². The van der Waals surface area contributed by atoms with Gasteiger partial charge < -0.3 is 11.1 Å². The zero-order valence-corrected chi connectivity index (χ0v) is 7.27. The smallest absolute Gasteiger partial charge is 0.0309 e. The fourth-order valence-electron chi connectivity index (χ4n) is 2.21. The zero-order chi connectivity index (χ0) is 7.90. The van der Waals surface area contributed by atoms with Crippen LogP contribution in [0.25, 0.3) is 0 Å². The molecule has 1 saturated heterocycles. The van der Waals surface area contributed by atoms with Crippen LogP contribution in [0.2, 0.25) is 0 Å². The molecule has 0 amide bonds. The molecule has 1 aliphatic heterocycles. The third kappa shape index (κ3) is 1.30. The first-order valence-electron chi connectivity index (χ1n) is 4.73. The molecule has 64 valence electrons. The third-order valence-electron chi connectivity index (χ3n) is 3.27. The van der Waals surface area contributed by atoms with E-state index in [1.807, 2.05) is 0 Å². The van der Waals surface area contributed by atoms with Crippen LogP contribution in [0.15, 0.2) is 0 Å². The number of rotatable bonds is 2. The Labute approximate surface area is 68.5 Å². The van der Waals surface area contributed by atoms with Gasteiger partial charge in [-0.2, -0.15) is 0 Å². The summed E-state index contributed by atoms with van der Waals surface area (Å²) >= 11 is 0. The summed E-state index contributed by atoms with van der Waals surface area (Å²) in [6.07, 6.45) is 5.30. The van der Waals surface area contributed by atoms with Gasteiger partial charge in [0.25, 0.3) is 0 Å². The van der Waals surface area contributed by atoms with Crippen LogP contribution in [0.5, 0.6) is 0 Å². The van der Waals surface area contributed by atoms with Crippen LogP contribution in [-0.2, 0) is 0 Å². The molecule has 0 bridgehead atoms. The first-order chi connectivity index (χ1) is 5.21. The molecule has 1 unspecified atom stereocenters. The second-order valence-electron chi connectivity index (χ2n) is 4.29. The highest BCUT2D eigenvalue weighted by atomic mass is 15.0. The summed E-state index contributed by atoms with van der Waals surface area (Å²) in [4.78, 5) is 0. The summed E-state index contributed by atoms with van der Waals surface area (Å²) in [6.45, 7) is 3.39. The Balaban J connectivity index is 1.99. The predicted octanol–water partition coefficient (Wildman–Crippen LogP) is 0.866. The Hall–Kier alpha value is -0.0800. The topological polar surface area (TPSA) is 38.0 Å². The Morgan fingerprint density at radius 2 is 2.09 bits per heavy atom. The molecule has 0 spiro atoms. The first-order valence-corrected chi connectivity index (χ1v) is 4.73. The minimum atomic E-state index is 0.0799. The Bertz CT molecular complexity index is 144. The minimum absolute atomic E-state index is 0.0799. The van der Waals surface area contributed by atoms with E-state index in [-0.39, 0.29) is 5.54 Å². The van der Waals surface area contributed by atoms with Gasteiger partial charge in [0.05, 0.1) is 0 Å². The van der Waals surface area contributed by atoms with E-state index in [0.29, 0.717) is 6.04 Å². The number of hydrogen-bond donors (Lipinski definition) is 2. The van der Waals surface area contributed by atoms with Gasteiger partial charge in [-0.05, 0) is 45.1 Å². The van der Waals surface area contributed by atoms with Crippen LogP contribution in [-0.4, -0.2) is 18.1 Å². The molecule has 2 aliphatic rings. The van der Waals surface area contributed by atoms with Gasteiger partial charge in [-0.3, -0.25) is 0 Å². The van der Waals surface area contributed by atoms with Crippen molar-refractivity contribution >= 4 is 0 Å². The van der Waals surface area contributed by atoms with Gasteiger partial charge in [0, 0.05) is 11.6 Å². The largest absolute Gasteiger partial charge is 0.324 e. The highest BCUT2D eigenvalue weighted by Crippen LogP contribution is 2.41. The van der Waals surface area contributed by atoms with Crippen molar-refractivity contribution in [2.24, 2.45) is 11.7 Å². The molecule has 3 N–H and O–H groups in total. The maximum absolute atomic E-state index is 6.26. The molecule has 0 aromatic carbocycles. The summed E-state index contributed by atoms with van der Waals surface area (Å²) in [5, 5.41) is 3.49. The quantitative estimate of drug-likeness (QED) is 0.619. The lowest BCUT2D eigenvalue weighted by Gasteiger charge is -2.31. The Morgan fingerprint density at radius 1 is 1.36 bits per heavy atom. The molecule has 11 heavy (non-hydrogen) atoms. The summed E-state index contributed by atoms with van der Waals surface area (Å²) in [5.74, 6) is 0.804. The van der Waals surface area contributed by atoms with Crippen molar-refractivity contribution in [2.75, 3.05) is 6.54 Å². The van der Waals surface area contributed by atoms with E-state index in [9.17, 15) is 0 Å². The van der Waals surface area contributed by atoms with Crippen molar-refractivity contribution < 1.29 is 0 Å². The second-order valence-corrected chi connectivity index (χ2v) is 4.29. The maximum Gasteiger partial charge on any atom is 0.0309 e.